The number of carbonyl (C=O) groups excluding carboxylic acids is 1. The smallest absolute Gasteiger partial charge is 0.228 e. The van der Waals surface area contributed by atoms with E-state index in [9.17, 15) is 9.90 Å². The van der Waals surface area contributed by atoms with Gasteiger partial charge in [0, 0.05) is 18.8 Å². The van der Waals surface area contributed by atoms with Crippen LogP contribution in [-0.4, -0.2) is 29.7 Å². The molecule has 2 aliphatic heterocycles. The van der Waals surface area contributed by atoms with E-state index in [1.54, 1.807) is 0 Å². The Morgan fingerprint density at radius 1 is 1.35 bits per heavy atom. The van der Waals surface area contributed by atoms with E-state index in [0.717, 1.165) is 49.3 Å². The number of carbonyl (C=O) groups is 1. The van der Waals surface area contributed by atoms with Gasteiger partial charge in [0.25, 0.3) is 0 Å². The summed E-state index contributed by atoms with van der Waals surface area (Å²) in [5.41, 5.74) is 9.07. The van der Waals surface area contributed by atoms with Gasteiger partial charge in [0.2, 0.25) is 5.91 Å². The number of rotatable bonds is 1. The average molecular weight is 275 g/mol. The van der Waals surface area contributed by atoms with Crippen LogP contribution in [0.5, 0.6) is 0 Å². The van der Waals surface area contributed by atoms with E-state index >= 15 is 0 Å². The van der Waals surface area contributed by atoms with Gasteiger partial charge in [-0.3, -0.25) is 4.79 Å². The number of hydrogen-bond donors (Lipinski definition) is 3. The normalized spacial score (nSPS) is 26.1. The number of nitrogens with one attached hydrogen (secondary N) is 1. The van der Waals surface area contributed by atoms with E-state index < -0.39 is 5.60 Å². The zero-order chi connectivity index (χ0) is 14.3. The molecule has 0 spiro atoms. The van der Waals surface area contributed by atoms with Crippen molar-refractivity contribution in [2.24, 2.45) is 0 Å². The second-order valence-corrected chi connectivity index (χ2v) is 6.13. The molecule has 1 saturated heterocycles. The van der Waals surface area contributed by atoms with Gasteiger partial charge >= 0.3 is 0 Å². The van der Waals surface area contributed by atoms with Gasteiger partial charge in [0.05, 0.1) is 23.4 Å². The van der Waals surface area contributed by atoms with Gasteiger partial charge in [-0.1, -0.05) is 0 Å². The molecule has 20 heavy (non-hydrogen) atoms. The maximum absolute atomic E-state index is 11.4. The molecule has 0 bridgehead atoms. The fraction of sp³-hybridized carbons (Fsp3) is 0.533. The Morgan fingerprint density at radius 3 is 2.95 bits per heavy atom. The molecule has 5 heteroatoms. The number of amides is 1. The zero-order valence-electron chi connectivity index (χ0n) is 11.8. The molecule has 3 rings (SSSR count). The lowest BCUT2D eigenvalue weighted by molar-refractivity contribution is -0.115. The van der Waals surface area contributed by atoms with Gasteiger partial charge < -0.3 is 21.1 Å². The van der Waals surface area contributed by atoms with Gasteiger partial charge in [0.15, 0.2) is 0 Å². The molecule has 1 aromatic rings. The summed E-state index contributed by atoms with van der Waals surface area (Å²) in [5, 5.41) is 13.0. The van der Waals surface area contributed by atoms with Crippen molar-refractivity contribution in [1.29, 1.82) is 0 Å². The van der Waals surface area contributed by atoms with Crippen LogP contribution in [0.4, 0.5) is 17.1 Å². The highest BCUT2D eigenvalue weighted by Crippen LogP contribution is 2.35. The first-order chi connectivity index (χ1) is 9.44. The molecule has 108 valence electrons. The van der Waals surface area contributed by atoms with Crippen molar-refractivity contribution in [3.05, 3.63) is 17.7 Å². The molecule has 0 aromatic heterocycles. The molecule has 1 amide bonds. The van der Waals surface area contributed by atoms with E-state index in [1.165, 1.54) is 0 Å². The zero-order valence-corrected chi connectivity index (χ0v) is 11.8. The van der Waals surface area contributed by atoms with Crippen molar-refractivity contribution in [2.45, 2.75) is 38.2 Å². The molecule has 0 aliphatic carbocycles. The number of aliphatic hydroxyl groups is 1. The van der Waals surface area contributed by atoms with Crippen LogP contribution >= 0.6 is 0 Å². The van der Waals surface area contributed by atoms with Gasteiger partial charge in [-0.25, -0.2) is 0 Å². The third-order valence-corrected chi connectivity index (χ3v) is 4.28. The van der Waals surface area contributed by atoms with E-state index in [-0.39, 0.29) is 5.91 Å². The molecule has 0 saturated carbocycles. The van der Waals surface area contributed by atoms with E-state index in [1.807, 2.05) is 19.1 Å². The Balaban J connectivity index is 1.87. The third-order valence-electron chi connectivity index (χ3n) is 4.28. The van der Waals surface area contributed by atoms with Gasteiger partial charge in [-0.05, 0) is 43.9 Å². The van der Waals surface area contributed by atoms with Gasteiger partial charge in [-0.15, -0.1) is 0 Å². The predicted octanol–water partition coefficient (Wildman–Crippen LogP) is 1.50. The predicted molar refractivity (Wildman–Crippen MR) is 79.9 cm³/mol. The Labute approximate surface area is 118 Å². The monoisotopic (exact) mass is 275 g/mol. The van der Waals surface area contributed by atoms with Gasteiger partial charge in [-0.2, -0.15) is 0 Å². The molecule has 5 nitrogen and oxygen atoms in total. The molecule has 1 aromatic carbocycles. The van der Waals surface area contributed by atoms with Gasteiger partial charge in [0.1, 0.15) is 0 Å². The maximum Gasteiger partial charge on any atom is 0.228 e. The number of fused-ring (bicyclic) bond motifs is 1. The molecule has 1 unspecified atom stereocenters. The molecule has 0 radical (unpaired) electrons. The summed E-state index contributed by atoms with van der Waals surface area (Å²) in [6.07, 6.45) is 2.89. The number of anilines is 3. The maximum atomic E-state index is 11.4. The topological polar surface area (TPSA) is 78.6 Å². The SMILES string of the molecule is CC1(O)CCCN(c2cc3c(cc2N)CC(=O)N3)CC1. The molecular weight excluding hydrogens is 254 g/mol. The van der Waals surface area contributed by atoms with Crippen molar-refractivity contribution in [2.75, 3.05) is 29.0 Å². The van der Waals surface area contributed by atoms with Crippen molar-refractivity contribution < 1.29 is 9.90 Å². The van der Waals surface area contributed by atoms with E-state index in [4.69, 9.17) is 5.73 Å². The van der Waals surface area contributed by atoms with Crippen molar-refractivity contribution in [3.63, 3.8) is 0 Å². The Morgan fingerprint density at radius 2 is 2.15 bits per heavy atom. The largest absolute Gasteiger partial charge is 0.397 e. The lowest BCUT2D eigenvalue weighted by Crippen LogP contribution is -2.28. The molecule has 2 aliphatic rings. The highest BCUT2D eigenvalue weighted by molar-refractivity contribution is 6.00. The minimum atomic E-state index is -0.589. The summed E-state index contributed by atoms with van der Waals surface area (Å²) in [6, 6.07) is 3.86. The fourth-order valence-corrected chi connectivity index (χ4v) is 3.06. The van der Waals surface area contributed by atoms with Crippen LogP contribution in [0.2, 0.25) is 0 Å². The molecule has 1 atom stereocenters. The number of benzene rings is 1. The minimum Gasteiger partial charge on any atom is -0.397 e. The minimum absolute atomic E-state index is 0.0235. The molecule has 4 N–H and O–H groups in total. The lowest BCUT2D eigenvalue weighted by Gasteiger charge is -2.26. The second-order valence-electron chi connectivity index (χ2n) is 6.13. The molecule has 1 fully saturated rings. The summed E-state index contributed by atoms with van der Waals surface area (Å²) >= 11 is 0. The first-order valence-electron chi connectivity index (χ1n) is 7.14. The Kier molecular flexibility index (Phi) is 3.09. The van der Waals surface area contributed by atoms with Crippen molar-refractivity contribution >= 4 is 23.0 Å². The fourth-order valence-electron chi connectivity index (χ4n) is 3.06. The average Bonchev–Trinajstić information content (AvgIpc) is 2.61. The molecule has 2 heterocycles. The summed E-state index contributed by atoms with van der Waals surface area (Å²) in [5.74, 6) is 0.0235. The standard InChI is InChI=1S/C15H21N3O2/c1-15(20)3-2-5-18(6-4-15)13-9-12-10(7-11(13)16)8-14(19)17-12/h7,9,20H,2-6,8,16H2,1H3,(H,17,19). The molecular formula is C15H21N3O2. The quantitative estimate of drug-likeness (QED) is 0.679. The summed E-state index contributed by atoms with van der Waals surface area (Å²) < 4.78 is 0. The summed E-state index contributed by atoms with van der Waals surface area (Å²) in [6.45, 7) is 3.56. The number of nitrogens with two attached hydrogens (primary N) is 1. The number of hydrogen-bond acceptors (Lipinski definition) is 4. The number of nitrogens with zero attached hydrogens (tertiary/aromatic N) is 1. The van der Waals surface area contributed by atoms with E-state index in [0.29, 0.717) is 12.1 Å². The summed E-state index contributed by atoms with van der Waals surface area (Å²) in [7, 11) is 0. The van der Waals surface area contributed by atoms with E-state index in [2.05, 4.69) is 10.2 Å². The van der Waals surface area contributed by atoms with Crippen LogP contribution in [0.1, 0.15) is 31.7 Å². The third kappa shape index (κ3) is 2.45. The highest BCUT2D eigenvalue weighted by Gasteiger charge is 2.27. The Hall–Kier alpha value is -1.75. The van der Waals surface area contributed by atoms with Crippen LogP contribution in [0.25, 0.3) is 0 Å². The van der Waals surface area contributed by atoms with Crippen LogP contribution in [-0.2, 0) is 11.2 Å². The lowest BCUT2D eigenvalue weighted by atomic mass is 9.98. The first kappa shape index (κ1) is 13.2. The highest BCUT2D eigenvalue weighted by atomic mass is 16.3. The van der Waals surface area contributed by atoms with Crippen LogP contribution in [0.15, 0.2) is 12.1 Å². The second kappa shape index (κ2) is 4.66. The number of nitrogen functional groups attached to an aromatic ring is 1. The van der Waals surface area contributed by atoms with Crippen LogP contribution in [0, 0.1) is 0 Å². The van der Waals surface area contributed by atoms with Crippen molar-refractivity contribution in [3.8, 4) is 0 Å². The van der Waals surface area contributed by atoms with Crippen molar-refractivity contribution in [1.82, 2.24) is 0 Å². The summed E-state index contributed by atoms with van der Waals surface area (Å²) in [4.78, 5) is 13.7. The Bertz CT molecular complexity index is 554. The van der Waals surface area contributed by atoms with Crippen LogP contribution in [0.3, 0.4) is 0 Å². The first-order valence-corrected chi connectivity index (χ1v) is 7.14. The van der Waals surface area contributed by atoms with Crippen LogP contribution < -0.4 is 16.0 Å².